The first-order valence-corrected chi connectivity index (χ1v) is 8.34. The number of unbranched alkanes of at least 4 members (excludes halogenated alkanes) is 3. The summed E-state index contributed by atoms with van der Waals surface area (Å²) in [4.78, 5) is 22.1. The Labute approximate surface area is 146 Å². The molecule has 0 aliphatic rings. The number of rotatable bonds is 10. The Hall–Kier alpha value is -2.82. The third kappa shape index (κ3) is 6.30. The number of hydrogen-bond acceptors (Lipinski definition) is 3. The van der Waals surface area contributed by atoms with Gasteiger partial charge in [-0.1, -0.05) is 43.2 Å². The topological polar surface area (TPSA) is 83.8 Å². The number of ether oxygens (including phenoxy) is 1. The summed E-state index contributed by atoms with van der Waals surface area (Å²) < 4.78 is 5.53. The molecule has 0 atom stereocenters. The van der Waals surface area contributed by atoms with Crippen molar-refractivity contribution in [3.63, 3.8) is 0 Å². The van der Waals surface area contributed by atoms with Crippen LogP contribution in [0, 0.1) is 0 Å². The van der Waals surface area contributed by atoms with Crippen molar-refractivity contribution in [2.45, 2.75) is 32.1 Å². The third-order valence-electron chi connectivity index (χ3n) is 3.87. The van der Waals surface area contributed by atoms with E-state index >= 15 is 0 Å². The largest absolute Gasteiger partial charge is 0.494 e. The molecule has 132 valence electrons. The second kappa shape index (κ2) is 9.47. The fourth-order valence-electron chi connectivity index (χ4n) is 2.55. The molecule has 0 aliphatic carbocycles. The van der Waals surface area contributed by atoms with Crippen molar-refractivity contribution >= 4 is 11.9 Å². The molecule has 0 aromatic heterocycles. The van der Waals surface area contributed by atoms with Crippen LogP contribution in [0.4, 0.5) is 0 Å². The number of carboxylic acids is 2. The summed E-state index contributed by atoms with van der Waals surface area (Å²) in [5, 5.41) is 18.1. The van der Waals surface area contributed by atoms with Crippen LogP contribution in [0.1, 0.15) is 52.0 Å². The molecule has 0 amide bonds. The summed E-state index contributed by atoms with van der Waals surface area (Å²) in [5.74, 6) is -2.07. The van der Waals surface area contributed by atoms with Crippen LogP contribution in [0.25, 0.3) is 0 Å². The molecule has 0 radical (unpaired) electrons. The van der Waals surface area contributed by atoms with Gasteiger partial charge in [0.2, 0.25) is 0 Å². The summed E-state index contributed by atoms with van der Waals surface area (Å²) in [6.45, 7) is 0.438. The molecule has 0 aliphatic heterocycles. The predicted octanol–water partition coefficient (Wildman–Crippen LogP) is 4.26. The zero-order valence-corrected chi connectivity index (χ0v) is 14.0. The van der Waals surface area contributed by atoms with Crippen LogP contribution < -0.4 is 4.74 Å². The fourth-order valence-corrected chi connectivity index (χ4v) is 2.55. The van der Waals surface area contributed by atoms with Gasteiger partial charge in [0.05, 0.1) is 17.7 Å². The predicted molar refractivity (Wildman–Crippen MR) is 94.5 cm³/mol. The summed E-state index contributed by atoms with van der Waals surface area (Å²) in [7, 11) is 0. The zero-order valence-electron chi connectivity index (χ0n) is 14.0. The summed E-state index contributed by atoms with van der Waals surface area (Å²) in [6.07, 6.45) is 5.12. The van der Waals surface area contributed by atoms with Crippen molar-refractivity contribution in [3.05, 3.63) is 65.2 Å². The van der Waals surface area contributed by atoms with Crippen molar-refractivity contribution in [1.82, 2.24) is 0 Å². The SMILES string of the molecule is O=C(O)c1cc(OCCCCCCc2ccccc2)cc(C(=O)O)c1. The summed E-state index contributed by atoms with van der Waals surface area (Å²) >= 11 is 0. The number of carboxylic acid groups (broad SMARTS) is 2. The Balaban J connectivity index is 1.72. The van der Waals surface area contributed by atoms with Crippen molar-refractivity contribution in [2.75, 3.05) is 6.61 Å². The van der Waals surface area contributed by atoms with E-state index in [0.29, 0.717) is 6.61 Å². The Morgan fingerprint density at radius 2 is 1.40 bits per heavy atom. The molecule has 0 bridgehead atoms. The molecule has 0 heterocycles. The van der Waals surface area contributed by atoms with Gasteiger partial charge >= 0.3 is 11.9 Å². The maximum atomic E-state index is 11.0. The first-order chi connectivity index (χ1) is 12.1. The van der Waals surface area contributed by atoms with Gasteiger partial charge in [0, 0.05) is 0 Å². The molecule has 0 saturated carbocycles. The van der Waals surface area contributed by atoms with Gasteiger partial charge in [0.25, 0.3) is 0 Å². The lowest BCUT2D eigenvalue weighted by Gasteiger charge is -2.08. The molecular weight excluding hydrogens is 320 g/mol. The first-order valence-electron chi connectivity index (χ1n) is 8.34. The van der Waals surface area contributed by atoms with Crippen LogP contribution in [0.5, 0.6) is 5.75 Å². The third-order valence-corrected chi connectivity index (χ3v) is 3.87. The maximum Gasteiger partial charge on any atom is 0.335 e. The number of benzene rings is 2. The van der Waals surface area contributed by atoms with Crippen LogP contribution in [-0.2, 0) is 6.42 Å². The van der Waals surface area contributed by atoms with Gasteiger partial charge in [-0.3, -0.25) is 0 Å². The molecule has 5 heteroatoms. The minimum Gasteiger partial charge on any atom is -0.494 e. The molecule has 0 spiro atoms. The molecule has 0 fully saturated rings. The van der Waals surface area contributed by atoms with E-state index < -0.39 is 11.9 Å². The van der Waals surface area contributed by atoms with E-state index in [2.05, 4.69) is 12.1 Å². The standard InChI is InChI=1S/C20H22O5/c21-19(22)16-12-17(20(23)24)14-18(13-16)25-11-7-2-1-4-8-15-9-5-3-6-10-15/h3,5-6,9-10,12-14H,1-2,4,7-8,11H2,(H,21,22)(H,23,24). The van der Waals surface area contributed by atoms with E-state index in [1.807, 2.05) is 18.2 Å². The smallest absolute Gasteiger partial charge is 0.335 e. The van der Waals surface area contributed by atoms with Crippen molar-refractivity contribution in [2.24, 2.45) is 0 Å². The van der Waals surface area contributed by atoms with E-state index in [-0.39, 0.29) is 16.9 Å². The Bertz CT molecular complexity index is 677. The molecule has 2 aromatic carbocycles. The van der Waals surface area contributed by atoms with Crippen LogP contribution >= 0.6 is 0 Å². The number of aryl methyl sites for hydroxylation is 1. The highest BCUT2D eigenvalue weighted by Gasteiger charge is 2.12. The van der Waals surface area contributed by atoms with E-state index in [1.165, 1.54) is 17.7 Å². The quantitative estimate of drug-likeness (QED) is 0.630. The van der Waals surface area contributed by atoms with Gasteiger partial charge in [-0.05, 0) is 43.0 Å². The lowest BCUT2D eigenvalue weighted by Crippen LogP contribution is -2.05. The average Bonchev–Trinajstić information content (AvgIpc) is 2.61. The summed E-state index contributed by atoms with van der Waals surface area (Å²) in [6, 6.07) is 14.2. The van der Waals surface area contributed by atoms with E-state index in [4.69, 9.17) is 14.9 Å². The van der Waals surface area contributed by atoms with Gasteiger partial charge in [0.1, 0.15) is 5.75 Å². The molecule has 25 heavy (non-hydrogen) atoms. The second-order valence-electron chi connectivity index (χ2n) is 5.85. The molecular formula is C20H22O5. The van der Waals surface area contributed by atoms with Gasteiger partial charge in [-0.25, -0.2) is 9.59 Å². The van der Waals surface area contributed by atoms with Crippen LogP contribution in [0.15, 0.2) is 48.5 Å². The van der Waals surface area contributed by atoms with Crippen LogP contribution in [0.3, 0.4) is 0 Å². The average molecular weight is 342 g/mol. The molecule has 2 rings (SSSR count). The van der Waals surface area contributed by atoms with Crippen molar-refractivity contribution in [3.8, 4) is 5.75 Å². The van der Waals surface area contributed by atoms with Crippen LogP contribution in [-0.4, -0.2) is 28.8 Å². The molecule has 0 saturated heterocycles. The number of hydrogen-bond donors (Lipinski definition) is 2. The van der Waals surface area contributed by atoms with E-state index in [1.54, 1.807) is 0 Å². The highest BCUT2D eigenvalue weighted by Crippen LogP contribution is 2.18. The Morgan fingerprint density at radius 1 is 0.800 bits per heavy atom. The van der Waals surface area contributed by atoms with Gasteiger partial charge in [0.15, 0.2) is 0 Å². The number of carbonyl (C=O) groups is 2. The lowest BCUT2D eigenvalue weighted by atomic mass is 10.1. The monoisotopic (exact) mass is 342 g/mol. The maximum absolute atomic E-state index is 11.0. The highest BCUT2D eigenvalue weighted by atomic mass is 16.5. The molecule has 2 aromatic rings. The second-order valence-corrected chi connectivity index (χ2v) is 5.85. The minimum absolute atomic E-state index is 0.0854. The first kappa shape index (κ1) is 18.5. The van der Waals surface area contributed by atoms with Gasteiger partial charge in [-0.2, -0.15) is 0 Å². The highest BCUT2D eigenvalue weighted by molar-refractivity contribution is 5.94. The molecule has 5 nitrogen and oxygen atoms in total. The van der Waals surface area contributed by atoms with Crippen molar-refractivity contribution in [1.29, 1.82) is 0 Å². The van der Waals surface area contributed by atoms with E-state index in [0.717, 1.165) is 38.2 Å². The van der Waals surface area contributed by atoms with Gasteiger partial charge < -0.3 is 14.9 Å². The summed E-state index contributed by atoms with van der Waals surface area (Å²) in [5.41, 5.74) is 1.17. The zero-order chi connectivity index (χ0) is 18.1. The lowest BCUT2D eigenvalue weighted by molar-refractivity contribution is 0.0696. The fraction of sp³-hybridized carbons (Fsp3) is 0.300. The number of aromatic carboxylic acids is 2. The normalized spacial score (nSPS) is 10.4. The van der Waals surface area contributed by atoms with Crippen LogP contribution in [0.2, 0.25) is 0 Å². The Kier molecular flexibility index (Phi) is 7.01. The molecule has 2 N–H and O–H groups in total. The van der Waals surface area contributed by atoms with Gasteiger partial charge in [-0.15, -0.1) is 0 Å². The minimum atomic E-state index is -1.17. The van der Waals surface area contributed by atoms with Crippen molar-refractivity contribution < 1.29 is 24.5 Å². The van der Waals surface area contributed by atoms with E-state index in [9.17, 15) is 9.59 Å². The Morgan fingerprint density at radius 3 is 2.00 bits per heavy atom. The molecule has 0 unspecified atom stereocenters.